The van der Waals surface area contributed by atoms with E-state index in [2.05, 4.69) is 10.6 Å². The number of nitrogens with one attached hydrogen (secondary N) is 2. The highest BCUT2D eigenvalue weighted by atomic mass is 32.2. The number of carboxylic acid groups (broad SMARTS) is 1. The summed E-state index contributed by atoms with van der Waals surface area (Å²) in [5.41, 5.74) is 0. The molecule has 0 saturated carbocycles. The molecule has 0 aromatic heterocycles. The van der Waals surface area contributed by atoms with E-state index in [-0.39, 0.29) is 24.4 Å². The highest BCUT2D eigenvalue weighted by molar-refractivity contribution is 7.84. The molecule has 0 aliphatic heterocycles. The van der Waals surface area contributed by atoms with E-state index in [9.17, 15) is 13.8 Å². The van der Waals surface area contributed by atoms with E-state index in [0.717, 1.165) is 6.42 Å². The molecule has 0 aromatic carbocycles. The van der Waals surface area contributed by atoms with Gasteiger partial charge < -0.3 is 15.7 Å². The molecule has 6 nitrogen and oxygen atoms in total. The highest BCUT2D eigenvalue weighted by Crippen LogP contribution is 2.08. The molecule has 20 heavy (non-hydrogen) atoms. The molecular weight excluding hydrogens is 280 g/mol. The van der Waals surface area contributed by atoms with Crippen molar-refractivity contribution in [1.82, 2.24) is 10.6 Å². The van der Waals surface area contributed by atoms with Crippen LogP contribution in [0, 0.1) is 5.92 Å². The van der Waals surface area contributed by atoms with Gasteiger partial charge in [0.25, 0.3) is 0 Å². The first-order chi connectivity index (χ1) is 9.31. The SMILES string of the molecule is CC(CCNC(=O)NC(C)CCS(C)=O)CCC(=O)O. The van der Waals surface area contributed by atoms with E-state index in [4.69, 9.17) is 5.11 Å². The average molecular weight is 306 g/mol. The lowest BCUT2D eigenvalue weighted by Crippen LogP contribution is -2.41. The van der Waals surface area contributed by atoms with Gasteiger partial charge in [-0.15, -0.1) is 0 Å². The molecule has 3 N–H and O–H groups in total. The fourth-order valence-electron chi connectivity index (χ4n) is 1.64. The van der Waals surface area contributed by atoms with Crippen LogP contribution in [0.3, 0.4) is 0 Å². The van der Waals surface area contributed by atoms with Crippen LogP contribution in [0.25, 0.3) is 0 Å². The maximum absolute atomic E-state index is 11.6. The Labute approximate surface area is 123 Å². The standard InChI is InChI=1S/C13H26N2O4S/c1-10(4-5-12(16)17)6-8-14-13(18)15-11(2)7-9-20(3)19/h10-11H,4-9H2,1-3H3,(H,16,17)(H2,14,15,18). The third kappa shape index (κ3) is 12.0. The molecule has 0 radical (unpaired) electrons. The van der Waals surface area contributed by atoms with Gasteiger partial charge in [-0.25, -0.2) is 4.79 Å². The van der Waals surface area contributed by atoms with E-state index < -0.39 is 16.8 Å². The second-order valence-corrected chi connectivity index (χ2v) is 6.75. The topological polar surface area (TPSA) is 95.5 Å². The summed E-state index contributed by atoms with van der Waals surface area (Å²) in [7, 11) is -0.838. The van der Waals surface area contributed by atoms with E-state index in [0.29, 0.717) is 25.1 Å². The van der Waals surface area contributed by atoms with Gasteiger partial charge in [0.05, 0.1) is 0 Å². The van der Waals surface area contributed by atoms with Crippen molar-refractivity contribution in [1.29, 1.82) is 0 Å². The first-order valence-corrected chi connectivity index (χ1v) is 8.60. The molecule has 2 amide bonds. The molecule has 0 aromatic rings. The van der Waals surface area contributed by atoms with Crippen LogP contribution in [0.1, 0.15) is 39.5 Å². The zero-order chi connectivity index (χ0) is 15.5. The largest absolute Gasteiger partial charge is 0.481 e. The van der Waals surface area contributed by atoms with Crippen molar-refractivity contribution in [2.75, 3.05) is 18.6 Å². The minimum Gasteiger partial charge on any atom is -0.481 e. The number of hydrogen-bond acceptors (Lipinski definition) is 3. The lowest BCUT2D eigenvalue weighted by atomic mass is 10.0. The van der Waals surface area contributed by atoms with Crippen LogP contribution < -0.4 is 10.6 Å². The summed E-state index contributed by atoms with van der Waals surface area (Å²) < 4.78 is 10.9. The number of rotatable bonds is 10. The Bertz CT molecular complexity index is 336. The lowest BCUT2D eigenvalue weighted by Gasteiger charge is -2.15. The molecular formula is C13H26N2O4S. The number of carboxylic acids is 1. The Morgan fingerprint density at radius 1 is 1.20 bits per heavy atom. The van der Waals surface area contributed by atoms with Gasteiger partial charge in [0.1, 0.15) is 0 Å². The van der Waals surface area contributed by atoms with Gasteiger partial charge in [-0.05, 0) is 32.1 Å². The van der Waals surface area contributed by atoms with Crippen molar-refractivity contribution in [3.8, 4) is 0 Å². The summed E-state index contributed by atoms with van der Waals surface area (Å²) in [5, 5.41) is 14.1. The third-order valence-electron chi connectivity index (χ3n) is 2.99. The lowest BCUT2D eigenvalue weighted by molar-refractivity contribution is -0.137. The summed E-state index contributed by atoms with van der Waals surface area (Å²) in [6.45, 7) is 4.38. The number of amides is 2. The first kappa shape index (κ1) is 18.9. The van der Waals surface area contributed by atoms with Crippen molar-refractivity contribution < 1.29 is 18.9 Å². The zero-order valence-electron chi connectivity index (χ0n) is 12.5. The quantitative estimate of drug-likeness (QED) is 0.567. The molecule has 0 aliphatic rings. The van der Waals surface area contributed by atoms with Crippen molar-refractivity contribution in [3.63, 3.8) is 0 Å². The Kier molecular flexibility index (Phi) is 10.1. The molecule has 0 saturated heterocycles. The normalized spacial score (nSPS) is 15.2. The summed E-state index contributed by atoms with van der Waals surface area (Å²) in [4.78, 5) is 22.0. The van der Waals surface area contributed by atoms with Crippen molar-refractivity contribution in [3.05, 3.63) is 0 Å². The molecule has 0 rings (SSSR count). The van der Waals surface area contributed by atoms with Crippen LogP contribution in [-0.4, -0.2) is 45.9 Å². The molecule has 0 aliphatic carbocycles. The van der Waals surface area contributed by atoms with Crippen molar-refractivity contribution in [2.45, 2.75) is 45.6 Å². The highest BCUT2D eigenvalue weighted by Gasteiger charge is 2.09. The summed E-state index contributed by atoms with van der Waals surface area (Å²) >= 11 is 0. The van der Waals surface area contributed by atoms with E-state index in [1.54, 1.807) is 6.26 Å². The van der Waals surface area contributed by atoms with Crippen LogP contribution in [0.4, 0.5) is 4.79 Å². The van der Waals surface area contributed by atoms with Gasteiger partial charge in [-0.1, -0.05) is 6.92 Å². The Morgan fingerprint density at radius 2 is 1.85 bits per heavy atom. The average Bonchev–Trinajstić information content (AvgIpc) is 2.33. The van der Waals surface area contributed by atoms with Crippen molar-refractivity contribution in [2.24, 2.45) is 5.92 Å². The molecule has 118 valence electrons. The third-order valence-corrected chi connectivity index (χ3v) is 3.80. The fourth-order valence-corrected chi connectivity index (χ4v) is 2.32. The molecule has 0 fully saturated rings. The van der Waals surface area contributed by atoms with Gasteiger partial charge in [-0.3, -0.25) is 9.00 Å². The number of carbonyl (C=O) groups is 2. The number of aliphatic carboxylic acids is 1. The van der Waals surface area contributed by atoms with Crippen molar-refractivity contribution >= 4 is 22.8 Å². The van der Waals surface area contributed by atoms with E-state index in [1.165, 1.54) is 0 Å². The predicted molar refractivity (Wildman–Crippen MR) is 80.2 cm³/mol. The van der Waals surface area contributed by atoms with Crippen LogP contribution in [0.5, 0.6) is 0 Å². The number of hydrogen-bond donors (Lipinski definition) is 3. The Hall–Kier alpha value is -1.11. The fraction of sp³-hybridized carbons (Fsp3) is 0.846. The van der Waals surface area contributed by atoms with Crippen LogP contribution in [-0.2, 0) is 15.6 Å². The maximum atomic E-state index is 11.6. The predicted octanol–water partition coefficient (Wildman–Crippen LogP) is 1.33. The molecule has 7 heteroatoms. The molecule has 3 atom stereocenters. The smallest absolute Gasteiger partial charge is 0.314 e. The van der Waals surface area contributed by atoms with Gasteiger partial charge in [0, 0.05) is 41.8 Å². The van der Waals surface area contributed by atoms with Crippen LogP contribution in [0.15, 0.2) is 0 Å². The molecule has 0 bridgehead atoms. The summed E-state index contributed by atoms with van der Waals surface area (Å²) in [5.74, 6) is 0.0595. The number of carbonyl (C=O) groups excluding carboxylic acids is 1. The monoisotopic (exact) mass is 306 g/mol. The summed E-state index contributed by atoms with van der Waals surface area (Å²) in [6, 6.07) is -0.242. The molecule has 0 spiro atoms. The van der Waals surface area contributed by atoms with Gasteiger partial charge in [-0.2, -0.15) is 0 Å². The van der Waals surface area contributed by atoms with Crippen LogP contribution in [0.2, 0.25) is 0 Å². The number of urea groups is 1. The molecule has 3 unspecified atom stereocenters. The van der Waals surface area contributed by atoms with E-state index in [1.807, 2.05) is 13.8 Å². The van der Waals surface area contributed by atoms with Gasteiger partial charge in [0.2, 0.25) is 0 Å². The second kappa shape index (κ2) is 10.7. The Morgan fingerprint density at radius 3 is 2.40 bits per heavy atom. The molecule has 0 heterocycles. The maximum Gasteiger partial charge on any atom is 0.314 e. The van der Waals surface area contributed by atoms with Gasteiger partial charge in [0.15, 0.2) is 0 Å². The minimum absolute atomic E-state index is 0.0108. The Balaban J connectivity index is 3.66. The summed E-state index contributed by atoms with van der Waals surface area (Å²) in [6.07, 6.45) is 3.88. The minimum atomic E-state index is -0.838. The second-order valence-electron chi connectivity index (χ2n) is 5.19. The van der Waals surface area contributed by atoms with Crippen LogP contribution >= 0.6 is 0 Å². The van der Waals surface area contributed by atoms with E-state index >= 15 is 0 Å². The zero-order valence-corrected chi connectivity index (χ0v) is 13.3. The van der Waals surface area contributed by atoms with Gasteiger partial charge >= 0.3 is 12.0 Å². The first-order valence-electron chi connectivity index (χ1n) is 6.87.